The first-order valence-electron chi connectivity index (χ1n) is 16.7. The third kappa shape index (κ3) is 3.67. The van der Waals surface area contributed by atoms with E-state index in [1.807, 2.05) is 6.07 Å². The van der Waals surface area contributed by atoms with Crippen LogP contribution in [-0.4, -0.2) is 21.1 Å². The summed E-state index contributed by atoms with van der Waals surface area (Å²) in [4.78, 5) is 5.39. The minimum Gasteiger partial charge on any atom is -0.455 e. The number of aliphatic imine (C=N–C) groups is 1. The Morgan fingerprint density at radius 1 is 0.571 bits per heavy atom. The standard InChI is InChI=1S/C44H28N4O/c1-3-13-27(14-4-1)41-31-18-7-10-20-34(31)45-44(46-41)48-35-21-11-8-19-32(35)39-36(48)26-24-33-40-37(47(42(33)39)28-15-5-2-6-16-28)25-23-30-29-17-9-12-22-38(29)49-43(30)40/h1-26,34H,(H,45,46). The molecule has 1 aliphatic heterocycles. The number of hydrogen-bond acceptors (Lipinski definition) is 3. The highest BCUT2D eigenvalue weighted by molar-refractivity contribution is 6.31. The van der Waals surface area contributed by atoms with Crippen molar-refractivity contribution in [3.05, 3.63) is 169 Å². The van der Waals surface area contributed by atoms with Gasteiger partial charge >= 0.3 is 0 Å². The Morgan fingerprint density at radius 2 is 1.29 bits per heavy atom. The van der Waals surface area contributed by atoms with Crippen molar-refractivity contribution in [2.45, 2.75) is 6.04 Å². The van der Waals surface area contributed by atoms with E-state index in [0.717, 1.165) is 77.7 Å². The molecule has 11 rings (SSSR count). The van der Waals surface area contributed by atoms with Crippen molar-refractivity contribution in [3.63, 3.8) is 0 Å². The highest BCUT2D eigenvalue weighted by atomic mass is 16.3. The minimum absolute atomic E-state index is 0.00443. The summed E-state index contributed by atoms with van der Waals surface area (Å²) in [6, 6.07) is 47.2. The van der Waals surface area contributed by atoms with E-state index in [0.29, 0.717) is 0 Å². The molecule has 1 N–H and O–H groups in total. The number of hydrogen-bond donors (Lipinski definition) is 1. The smallest absolute Gasteiger partial charge is 0.209 e. The summed E-state index contributed by atoms with van der Waals surface area (Å²) < 4.78 is 11.4. The van der Waals surface area contributed by atoms with Gasteiger partial charge in [-0.2, -0.15) is 0 Å². The number of benzene rings is 6. The van der Waals surface area contributed by atoms with Crippen LogP contribution < -0.4 is 5.32 Å². The van der Waals surface area contributed by atoms with Crippen molar-refractivity contribution in [1.82, 2.24) is 14.5 Å². The molecule has 6 aromatic carbocycles. The molecular weight excluding hydrogens is 601 g/mol. The van der Waals surface area contributed by atoms with E-state index in [4.69, 9.17) is 9.41 Å². The van der Waals surface area contributed by atoms with Gasteiger partial charge in [0.25, 0.3) is 0 Å². The molecule has 3 aromatic heterocycles. The number of para-hydroxylation sites is 3. The summed E-state index contributed by atoms with van der Waals surface area (Å²) in [7, 11) is 0. The quantitative estimate of drug-likeness (QED) is 0.207. The molecule has 2 aliphatic rings. The Morgan fingerprint density at radius 3 is 2.14 bits per heavy atom. The van der Waals surface area contributed by atoms with Gasteiger partial charge in [0.05, 0.1) is 39.2 Å². The number of furan rings is 1. The van der Waals surface area contributed by atoms with Crippen LogP contribution in [0.3, 0.4) is 0 Å². The number of allylic oxidation sites excluding steroid dienone is 2. The molecule has 0 saturated carbocycles. The summed E-state index contributed by atoms with van der Waals surface area (Å²) in [6.07, 6.45) is 8.59. The maximum atomic E-state index is 6.66. The van der Waals surface area contributed by atoms with Crippen molar-refractivity contribution in [1.29, 1.82) is 0 Å². The Kier molecular flexibility index (Phi) is 5.38. The summed E-state index contributed by atoms with van der Waals surface area (Å²) in [6.45, 7) is 0. The van der Waals surface area contributed by atoms with Crippen molar-refractivity contribution >= 4 is 77.2 Å². The fourth-order valence-corrected chi connectivity index (χ4v) is 8.07. The normalized spacial score (nSPS) is 16.0. The average Bonchev–Trinajstić information content (AvgIpc) is 3.82. The SMILES string of the molecule is C1=CC2=C(c3ccccc3)N=C(n3c4ccccc4c4c3ccc3c5c6oc7ccccc7c6ccc5n(-c5ccccc5)c34)NC2C=C1. The molecule has 0 radical (unpaired) electrons. The average molecular weight is 629 g/mol. The van der Waals surface area contributed by atoms with Gasteiger partial charge in [-0.15, -0.1) is 0 Å². The Labute approximate surface area is 281 Å². The number of rotatable bonds is 2. The zero-order valence-corrected chi connectivity index (χ0v) is 26.3. The number of aromatic nitrogens is 2. The minimum atomic E-state index is 0.00443. The second-order valence-electron chi connectivity index (χ2n) is 12.8. The summed E-state index contributed by atoms with van der Waals surface area (Å²) in [5.74, 6) is 0.806. The van der Waals surface area contributed by atoms with E-state index in [-0.39, 0.29) is 6.04 Å². The third-order valence-electron chi connectivity index (χ3n) is 10.1. The van der Waals surface area contributed by atoms with Crippen LogP contribution in [-0.2, 0) is 0 Å². The summed E-state index contributed by atoms with van der Waals surface area (Å²) in [5.41, 5.74) is 10.6. The van der Waals surface area contributed by atoms with E-state index in [9.17, 15) is 0 Å². The van der Waals surface area contributed by atoms with E-state index >= 15 is 0 Å². The third-order valence-corrected chi connectivity index (χ3v) is 10.1. The van der Waals surface area contributed by atoms with Crippen molar-refractivity contribution in [3.8, 4) is 5.69 Å². The van der Waals surface area contributed by atoms with Gasteiger partial charge in [-0.1, -0.05) is 109 Å². The maximum absolute atomic E-state index is 6.66. The fraction of sp³-hybridized carbons (Fsp3) is 0.0227. The van der Waals surface area contributed by atoms with Gasteiger partial charge in [-0.3, -0.25) is 4.57 Å². The first kappa shape index (κ1) is 26.5. The van der Waals surface area contributed by atoms with Gasteiger partial charge in [0, 0.05) is 43.8 Å². The Bertz CT molecular complexity index is 2950. The molecular formula is C44H28N4O. The lowest BCUT2D eigenvalue weighted by atomic mass is 9.95. The molecule has 1 aliphatic carbocycles. The second kappa shape index (κ2) is 9.96. The van der Waals surface area contributed by atoms with Gasteiger partial charge in [-0.05, 0) is 48.5 Å². The topological polar surface area (TPSA) is 47.4 Å². The van der Waals surface area contributed by atoms with Crippen LogP contribution in [0.2, 0.25) is 0 Å². The largest absolute Gasteiger partial charge is 0.455 e. The van der Waals surface area contributed by atoms with Gasteiger partial charge < -0.3 is 14.3 Å². The fourth-order valence-electron chi connectivity index (χ4n) is 8.07. The summed E-state index contributed by atoms with van der Waals surface area (Å²) in [5, 5.41) is 10.7. The molecule has 5 nitrogen and oxygen atoms in total. The van der Waals surface area contributed by atoms with Gasteiger partial charge in [0.1, 0.15) is 11.2 Å². The Balaban J connectivity index is 1.29. The number of fused-ring (bicyclic) bond motifs is 12. The predicted octanol–water partition coefficient (Wildman–Crippen LogP) is 10.5. The monoisotopic (exact) mass is 628 g/mol. The molecule has 0 saturated heterocycles. The first-order chi connectivity index (χ1) is 24.3. The molecule has 4 heterocycles. The molecule has 0 fully saturated rings. The molecule has 9 aromatic rings. The lowest BCUT2D eigenvalue weighted by Gasteiger charge is -2.28. The van der Waals surface area contributed by atoms with Gasteiger partial charge in [0.15, 0.2) is 0 Å². The maximum Gasteiger partial charge on any atom is 0.209 e. The molecule has 1 atom stereocenters. The van der Waals surface area contributed by atoms with Crippen LogP contribution in [0.15, 0.2) is 173 Å². The first-order valence-corrected chi connectivity index (χ1v) is 16.7. The summed E-state index contributed by atoms with van der Waals surface area (Å²) >= 11 is 0. The van der Waals surface area contributed by atoms with Crippen molar-refractivity contribution < 1.29 is 4.42 Å². The molecule has 0 amide bonds. The van der Waals surface area contributed by atoms with Crippen LogP contribution >= 0.6 is 0 Å². The lowest BCUT2D eigenvalue weighted by Crippen LogP contribution is -2.42. The lowest BCUT2D eigenvalue weighted by molar-refractivity contribution is 0.673. The number of nitrogens with zero attached hydrogens (tertiary/aromatic N) is 3. The van der Waals surface area contributed by atoms with Gasteiger partial charge in [-0.25, -0.2) is 4.99 Å². The van der Waals surface area contributed by atoms with Crippen LogP contribution in [0.5, 0.6) is 0 Å². The van der Waals surface area contributed by atoms with Crippen molar-refractivity contribution in [2.75, 3.05) is 0 Å². The van der Waals surface area contributed by atoms with E-state index in [1.54, 1.807) is 0 Å². The molecule has 1 unspecified atom stereocenters. The van der Waals surface area contributed by atoms with E-state index < -0.39 is 0 Å². The molecule has 5 heteroatoms. The molecule has 0 bridgehead atoms. The van der Waals surface area contributed by atoms with Crippen molar-refractivity contribution in [2.24, 2.45) is 4.99 Å². The predicted molar refractivity (Wildman–Crippen MR) is 202 cm³/mol. The zero-order chi connectivity index (χ0) is 32.1. The zero-order valence-electron chi connectivity index (χ0n) is 26.3. The second-order valence-corrected chi connectivity index (χ2v) is 12.8. The highest BCUT2D eigenvalue weighted by Crippen LogP contribution is 2.45. The highest BCUT2D eigenvalue weighted by Gasteiger charge is 2.28. The molecule has 0 spiro atoms. The molecule has 49 heavy (non-hydrogen) atoms. The van der Waals surface area contributed by atoms with E-state index in [2.05, 4.69) is 166 Å². The van der Waals surface area contributed by atoms with Crippen LogP contribution in [0.25, 0.3) is 76.9 Å². The number of nitrogens with one attached hydrogen (secondary N) is 1. The Hall–Kier alpha value is -6.59. The van der Waals surface area contributed by atoms with Gasteiger partial charge in [0.2, 0.25) is 5.96 Å². The van der Waals surface area contributed by atoms with E-state index in [1.165, 1.54) is 16.3 Å². The van der Waals surface area contributed by atoms with Crippen LogP contribution in [0, 0.1) is 0 Å². The molecule has 230 valence electrons. The van der Waals surface area contributed by atoms with Crippen LogP contribution in [0.4, 0.5) is 0 Å². The van der Waals surface area contributed by atoms with Crippen LogP contribution in [0.1, 0.15) is 5.56 Å².